The SMILES string of the molecule is CN(Cc1ccc(/C=C/C(=O)NCCCO)o1)S(C)(=O)=O. The summed E-state index contributed by atoms with van der Waals surface area (Å²) in [6.45, 7) is 0.566. The van der Waals surface area contributed by atoms with Crippen molar-refractivity contribution in [1.82, 2.24) is 9.62 Å². The van der Waals surface area contributed by atoms with Crippen molar-refractivity contribution in [1.29, 1.82) is 0 Å². The van der Waals surface area contributed by atoms with Crippen LogP contribution in [-0.2, 0) is 21.4 Å². The molecule has 0 atom stereocenters. The highest BCUT2D eigenvalue weighted by atomic mass is 32.2. The molecule has 1 aromatic rings. The maximum Gasteiger partial charge on any atom is 0.244 e. The predicted octanol–water partition coefficient (Wildman–Crippen LogP) is 0.183. The van der Waals surface area contributed by atoms with Gasteiger partial charge in [0.05, 0.1) is 12.8 Å². The summed E-state index contributed by atoms with van der Waals surface area (Å²) in [6.07, 6.45) is 4.44. The van der Waals surface area contributed by atoms with Crippen LogP contribution in [-0.4, -0.2) is 50.2 Å². The Hall–Kier alpha value is -1.64. The second-order valence-corrected chi connectivity index (χ2v) is 6.61. The van der Waals surface area contributed by atoms with Crippen LogP contribution in [0.2, 0.25) is 0 Å². The van der Waals surface area contributed by atoms with E-state index in [9.17, 15) is 13.2 Å². The molecule has 0 bridgehead atoms. The van der Waals surface area contributed by atoms with E-state index >= 15 is 0 Å². The number of carbonyl (C=O) groups is 1. The van der Waals surface area contributed by atoms with E-state index in [1.54, 1.807) is 12.1 Å². The fourth-order valence-corrected chi connectivity index (χ4v) is 1.77. The maximum absolute atomic E-state index is 11.4. The van der Waals surface area contributed by atoms with Crippen molar-refractivity contribution in [2.45, 2.75) is 13.0 Å². The fourth-order valence-electron chi connectivity index (χ4n) is 1.41. The molecular weight excluding hydrogens is 296 g/mol. The summed E-state index contributed by atoms with van der Waals surface area (Å²) in [5.74, 6) is 0.669. The van der Waals surface area contributed by atoms with E-state index < -0.39 is 10.0 Å². The molecule has 0 fully saturated rings. The normalized spacial score (nSPS) is 12.2. The van der Waals surface area contributed by atoms with Gasteiger partial charge in [-0.3, -0.25) is 4.79 Å². The van der Waals surface area contributed by atoms with Gasteiger partial charge in [0, 0.05) is 26.3 Å². The minimum atomic E-state index is -3.26. The van der Waals surface area contributed by atoms with E-state index in [1.165, 1.54) is 23.5 Å². The number of nitrogens with zero attached hydrogens (tertiary/aromatic N) is 1. The first-order chi connectivity index (χ1) is 9.82. The predicted molar refractivity (Wildman–Crippen MR) is 78.8 cm³/mol. The van der Waals surface area contributed by atoms with Gasteiger partial charge in [0.15, 0.2) is 0 Å². The van der Waals surface area contributed by atoms with Gasteiger partial charge in [-0.2, -0.15) is 4.31 Å². The van der Waals surface area contributed by atoms with Crippen LogP contribution in [0.4, 0.5) is 0 Å². The van der Waals surface area contributed by atoms with Gasteiger partial charge in [-0.25, -0.2) is 8.42 Å². The number of sulfonamides is 1. The largest absolute Gasteiger partial charge is 0.460 e. The standard InChI is InChI=1S/C13H20N2O5S/c1-15(21(2,18)19)10-12-5-4-11(20-12)6-7-13(17)14-8-3-9-16/h4-7,16H,3,8-10H2,1-2H3,(H,14,17)/b7-6+. The summed E-state index contributed by atoms with van der Waals surface area (Å²) in [5, 5.41) is 11.2. The molecule has 7 nitrogen and oxygen atoms in total. The van der Waals surface area contributed by atoms with E-state index in [2.05, 4.69) is 5.32 Å². The number of rotatable bonds is 8. The van der Waals surface area contributed by atoms with Gasteiger partial charge >= 0.3 is 0 Å². The lowest BCUT2D eigenvalue weighted by atomic mass is 10.3. The second kappa shape index (κ2) is 7.96. The molecule has 0 aliphatic heterocycles. The van der Waals surface area contributed by atoms with Crippen LogP contribution < -0.4 is 5.32 Å². The molecule has 0 aliphatic rings. The van der Waals surface area contributed by atoms with Gasteiger partial charge < -0.3 is 14.8 Å². The average Bonchev–Trinajstić information content (AvgIpc) is 2.83. The van der Waals surface area contributed by atoms with Gasteiger partial charge in [-0.1, -0.05) is 0 Å². The summed E-state index contributed by atoms with van der Waals surface area (Å²) in [7, 11) is -1.80. The molecule has 2 N–H and O–H groups in total. The lowest BCUT2D eigenvalue weighted by molar-refractivity contribution is -0.116. The van der Waals surface area contributed by atoms with Gasteiger partial charge in [0.1, 0.15) is 11.5 Å². The molecule has 1 aromatic heterocycles. The molecule has 21 heavy (non-hydrogen) atoms. The van der Waals surface area contributed by atoms with Gasteiger partial charge in [-0.15, -0.1) is 0 Å². The monoisotopic (exact) mass is 316 g/mol. The van der Waals surface area contributed by atoms with Gasteiger partial charge in [0.2, 0.25) is 15.9 Å². The molecule has 0 saturated heterocycles. The maximum atomic E-state index is 11.4. The van der Waals surface area contributed by atoms with Crippen molar-refractivity contribution in [3.05, 3.63) is 29.7 Å². The topological polar surface area (TPSA) is 99.8 Å². The molecule has 0 saturated carbocycles. The minimum absolute atomic E-state index is 0.0272. The lowest BCUT2D eigenvalue weighted by Gasteiger charge is -2.11. The third-order valence-corrected chi connectivity index (χ3v) is 3.92. The van der Waals surface area contributed by atoms with E-state index in [0.717, 1.165) is 6.26 Å². The van der Waals surface area contributed by atoms with Crippen LogP contribution in [0, 0.1) is 0 Å². The molecule has 0 radical (unpaired) electrons. The Kier molecular flexibility index (Phi) is 6.60. The lowest BCUT2D eigenvalue weighted by Crippen LogP contribution is -2.24. The zero-order valence-corrected chi connectivity index (χ0v) is 12.9. The van der Waals surface area contributed by atoms with E-state index in [4.69, 9.17) is 9.52 Å². The number of hydrogen-bond acceptors (Lipinski definition) is 5. The summed E-state index contributed by atoms with van der Waals surface area (Å²) in [5.41, 5.74) is 0. The Bertz CT molecular complexity index is 591. The first-order valence-electron chi connectivity index (χ1n) is 6.39. The number of aliphatic hydroxyl groups is 1. The van der Waals surface area contributed by atoms with Crippen LogP contribution in [0.15, 0.2) is 22.6 Å². The molecule has 0 aliphatic carbocycles. The Balaban J connectivity index is 2.53. The number of carbonyl (C=O) groups excluding carboxylic acids is 1. The van der Waals surface area contributed by atoms with Crippen LogP contribution in [0.3, 0.4) is 0 Å². The highest BCUT2D eigenvalue weighted by Crippen LogP contribution is 2.12. The molecule has 1 rings (SSSR count). The van der Waals surface area contributed by atoms with E-state index in [-0.39, 0.29) is 19.1 Å². The number of hydrogen-bond donors (Lipinski definition) is 2. The van der Waals surface area contributed by atoms with Crippen molar-refractivity contribution >= 4 is 22.0 Å². The van der Waals surface area contributed by atoms with E-state index in [0.29, 0.717) is 24.5 Å². The zero-order valence-electron chi connectivity index (χ0n) is 12.1. The number of amides is 1. The van der Waals surface area contributed by atoms with Crippen LogP contribution in [0.25, 0.3) is 6.08 Å². The summed E-state index contributed by atoms with van der Waals surface area (Å²) < 4.78 is 29.1. The first-order valence-corrected chi connectivity index (χ1v) is 8.24. The summed E-state index contributed by atoms with van der Waals surface area (Å²) in [4.78, 5) is 11.4. The van der Waals surface area contributed by atoms with Crippen molar-refractivity contribution in [3.63, 3.8) is 0 Å². The second-order valence-electron chi connectivity index (χ2n) is 4.52. The third kappa shape index (κ3) is 6.56. The Labute approximate surface area is 124 Å². The van der Waals surface area contributed by atoms with Crippen molar-refractivity contribution in [3.8, 4) is 0 Å². The highest BCUT2D eigenvalue weighted by molar-refractivity contribution is 7.88. The van der Waals surface area contributed by atoms with Crippen LogP contribution >= 0.6 is 0 Å². The molecule has 1 amide bonds. The molecule has 118 valence electrons. The van der Waals surface area contributed by atoms with Crippen LogP contribution in [0.5, 0.6) is 0 Å². The average molecular weight is 316 g/mol. The summed E-state index contributed by atoms with van der Waals surface area (Å²) in [6, 6.07) is 3.31. The third-order valence-electron chi connectivity index (χ3n) is 2.66. The summed E-state index contributed by atoms with van der Waals surface area (Å²) >= 11 is 0. The van der Waals surface area contributed by atoms with Crippen LogP contribution in [0.1, 0.15) is 17.9 Å². The molecule has 0 unspecified atom stereocenters. The Morgan fingerprint density at radius 3 is 2.81 bits per heavy atom. The highest BCUT2D eigenvalue weighted by Gasteiger charge is 2.13. The van der Waals surface area contributed by atoms with Gasteiger partial charge in [0.25, 0.3) is 0 Å². The molecule has 0 aromatic carbocycles. The smallest absolute Gasteiger partial charge is 0.244 e. The van der Waals surface area contributed by atoms with Crippen molar-refractivity contribution < 1.29 is 22.7 Å². The molecular formula is C13H20N2O5S. The molecule has 1 heterocycles. The number of aliphatic hydroxyl groups excluding tert-OH is 1. The van der Waals surface area contributed by atoms with Gasteiger partial charge in [-0.05, 0) is 24.6 Å². The van der Waals surface area contributed by atoms with Crippen molar-refractivity contribution in [2.24, 2.45) is 0 Å². The van der Waals surface area contributed by atoms with Crippen molar-refractivity contribution in [2.75, 3.05) is 26.5 Å². The Morgan fingerprint density at radius 2 is 2.19 bits per heavy atom. The molecule has 8 heteroatoms. The Morgan fingerprint density at radius 1 is 1.48 bits per heavy atom. The zero-order chi connectivity index (χ0) is 15.9. The molecule has 0 spiro atoms. The first kappa shape index (κ1) is 17.4. The number of nitrogens with one attached hydrogen (secondary N) is 1. The minimum Gasteiger partial charge on any atom is -0.460 e. The van der Waals surface area contributed by atoms with E-state index in [1.807, 2.05) is 0 Å². The number of furan rings is 1. The fraction of sp³-hybridized carbons (Fsp3) is 0.462. The quantitative estimate of drug-likeness (QED) is 0.526.